The van der Waals surface area contributed by atoms with Gasteiger partial charge in [-0.2, -0.15) is 0 Å². The van der Waals surface area contributed by atoms with Gasteiger partial charge in [-0.3, -0.25) is 0 Å². The quantitative estimate of drug-likeness (QED) is 0.840. The van der Waals surface area contributed by atoms with Crippen molar-refractivity contribution in [2.45, 2.75) is 64.8 Å². The minimum Gasteiger partial charge on any atom is -0.310 e. The molecule has 110 valence electrons. The van der Waals surface area contributed by atoms with Crippen LogP contribution >= 0.6 is 0 Å². The van der Waals surface area contributed by atoms with Crippen molar-refractivity contribution in [3.8, 4) is 0 Å². The molecule has 0 amide bonds. The molecule has 0 aliphatic heterocycles. The number of rotatable bonds is 4. The maximum atomic E-state index is 3.78. The van der Waals surface area contributed by atoms with Gasteiger partial charge in [-0.25, -0.2) is 0 Å². The van der Waals surface area contributed by atoms with E-state index < -0.39 is 0 Å². The van der Waals surface area contributed by atoms with E-state index in [1.54, 1.807) is 16.7 Å². The lowest BCUT2D eigenvalue weighted by Gasteiger charge is -2.29. The first-order chi connectivity index (χ1) is 9.79. The molecule has 1 N–H and O–H groups in total. The third-order valence-electron chi connectivity index (χ3n) is 5.51. The van der Waals surface area contributed by atoms with Crippen molar-refractivity contribution in [1.29, 1.82) is 0 Å². The molecule has 1 heteroatoms. The van der Waals surface area contributed by atoms with Crippen molar-refractivity contribution in [2.24, 2.45) is 11.8 Å². The lowest BCUT2D eigenvalue weighted by atomic mass is 9.83. The van der Waals surface area contributed by atoms with Gasteiger partial charge in [-0.15, -0.1) is 0 Å². The van der Waals surface area contributed by atoms with Gasteiger partial charge in [0, 0.05) is 6.04 Å². The summed E-state index contributed by atoms with van der Waals surface area (Å²) < 4.78 is 0. The van der Waals surface area contributed by atoms with Crippen LogP contribution in [0.1, 0.15) is 68.7 Å². The second-order valence-corrected chi connectivity index (χ2v) is 6.84. The van der Waals surface area contributed by atoms with Gasteiger partial charge >= 0.3 is 0 Å². The summed E-state index contributed by atoms with van der Waals surface area (Å²) >= 11 is 0. The van der Waals surface area contributed by atoms with E-state index in [4.69, 9.17) is 0 Å². The van der Waals surface area contributed by atoms with E-state index in [1.165, 1.54) is 44.9 Å². The highest BCUT2D eigenvalue weighted by molar-refractivity contribution is 5.35. The van der Waals surface area contributed by atoms with E-state index in [2.05, 4.69) is 37.4 Å². The van der Waals surface area contributed by atoms with Crippen molar-refractivity contribution < 1.29 is 0 Å². The van der Waals surface area contributed by atoms with Crippen LogP contribution in [-0.4, -0.2) is 6.54 Å². The van der Waals surface area contributed by atoms with Crippen molar-refractivity contribution in [1.82, 2.24) is 5.32 Å². The van der Waals surface area contributed by atoms with Gasteiger partial charge in [0.05, 0.1) is 0 Å². The molecular formula is C19H29N. The summed E-state index contributed by atoms with van der Waals surface area (Å²) in [6.07, 6.45) is 9.57. The Hall–Kier alpha value is -0.820. The first kappa shape index (κ1) is 14.1. The summed E-state index contributed by atoms with van der Waals surface area (Å²) in [5.74, 6) is 1.70. The normalized spacial score (nSPS) is 27.3. The zero-order valence-electron chi connectivity index (χ0n) is 13.1. The van der Waals surface area contributed by atoms with Crippen LogP contribution in [0.5, 0.6) is 0 Å². The Balaban J connectivity index is 1.87. The second kappa shape index (κ2) is 6.30. The highest BCUT2D eigenvalue weighted by Crippen LogP contribution is 2.40. The van der Waals surface area contributed by atoms with E-state index in [0.717, 1.165) is 18.4 Å². The van der Waals surface area contributed by atoms with Gasteiger partial charge in [0.25, 0.3) is 0 Å². The van der Waals surface area contributed by atoms with Crippen LogP contribution in [0.3, 0.4) is 0 Å². The summed E-state index contributed by atoms with van der Waals surface area (Å²) in [6.45, 7) is 5.76. The molecule has 0 aromatic heterocycles. The highest BCUT2D eigenvalue weighted by atomic mass is 14.9. The first-order valence-corrected chi connectivity index (χ1v) is 8.64. The molecule has 1 fully saturated rings. The molecule has 0 radical (unpaired) electrons. The van der Waals surface area contributed by atoms with E-state index in [1.807, 2.05) is 0 Å². The molecule has 1 aromatic carbocycles. The Morgan fingerprint density at radius 3 is 2.60 bits per heavy atom. The van der Waals surface area contributed by atoms with Crippen LogP contribution < -0.4 is 5.32 Å². The van der Waals surface area contributed by atoms with Crippen molar-refractivity contribution in [2.75, 3.05) is 6.54 Å². The average Bonchev–Trinajstić information content (AvgIpc) is 2.90. The zero-order valence-corrected chi connectivity index (χ0v) is 13.1. The molecule has 2 aliphatic rings. The maximum absolute atomic E-state index is 3.78. The van der Waals surface area contributed by atoms with Crippen LogP contribution in [0.15, 0.2) is 18.2 Å². The second-order valence-electron chi connectivity index (χ2n) is 6.84. The van der Waals surface area contributed by atoms with Crippen molar-refractivity contribution in [3.05, 3.63) is 34.9 Å². The zero-order chi connectivity index (χ0) is 13.9. The van der Waals surface area contributed by atoms with Gasteiger partial charge in [-0.1, -0.05) is 44.9 Å². The Kier molecular flexibility index (Phi) is 4.45. The Labute approximate surface area is 124 Å². The van der Waals surface area contributed by atoms with Gasteiger partial charge in [0.1, 0.15) is 0 Å². The van der Waals surface area contributed by atoms with E-state index in [-0.39, 0.29) is 0 Å². The molecular weight excluding hydrogens is 242 g/mol. The topological polar surface area (TPSA) is 12.0 Å². The molecule has 20 heavy (non-hydrogen) atoms. The van der Waals surface area contributed by atoms with E-state index in [0.29, 0.717) is 6.04 Å². The van der Waals surface area contributed by atoms with E-state index in [9.17, 15) is 0 Å². The molecule has 0 saturated heterocycles. The fraction of sp³-hybridized carbons (Fsp3) is 0.684. The molecule has 1 nitrogen and oxygen atoms in total. The number of nitrogens with one attached hydrogen (secondary N) is 1. The van der Waals surface area contributed by atoms with Gasteiger partial charge in [0.2, 0.25) is 0 Å². The number of aryl methyl sites for hydroxylation is 2. The van der Waals surface area contributed by atoms with E-state index >= 15 is 0 Å². The lowest BCUT2D eigenvalue weighted by Crippen LogP contribution is -2.29. The SMILES string of the molecule is CCNC(c1ccc2c(c1)CCCC2)C1CCCC1C. The molecule has 3 atom stereocenters. The number of fused-ring (bicyclic) bond motifs is 1. The smallest absolute Gasteiger partial charge is 0.0351 e. The van der Waals surface area contributed by atoms with Crippen molar-refractivity contribution in [3.63, 3.8) is 0 Å². The summed E-state index contributed by atoms with van der Waals surface area (Å²) in [7, 11) is 0. The highest BCUT2D eigenvalue weighted by Gasteiger charge is 2.31. The summed E-state index contributed by atoms with van der Waals surface area (Å²) in [5, 5.41) is 3.78. The molecule has 1 aromatic rings. The molecule has 0 spiro atoms. The van der Waals surface area contributed by atoms with Gasteiger partial charge in [-0.05, 0) is 67.2 Å². The fourth-order valence-electron chi connectivity index (χ4n) is 4.35. The molecule has 0 bridgehead atoms. The lowest BCUT2D eigenvalue weighted by molar-refractivity contribution is 0.305. The minimum atomic E-state index is 0.574. The van der Waals surface area contributed by atoms with Gasteiger partial charge < -0.3 is 5.32 Å². The molecule has 3 unspecified atom stereocenters. The average molecular weight is 271 g/mol. The largest absolute Gasteiger partial charge is 0.310 e. The van der Waals surface area contributed by atoms with Crippen LogP contribution in [0.25, 0.3) is 0 Å². The third kappa shape index (κ3) is 2.79. The maximum Gasteiger partial charge on any atom is 0.0351 e. The first-order valence-electron chi connectivity index (χ1n) is 8.64. The number of hydrogen-bond acceptors (Lipinski definition) is 1. The van der Waals surface area contributed by atoms with Crippen molar-refractivity contribution >= 4 is 0 Å². The van der Waals surface area contributed by atoms with Crippen LogP contribution in [-0.2, 0) is 12.8 Å². The van der Waals surface area contributed by atoms with Crippen LogP contribution in [0.2, 0.25) is 0 Å². The standard InChI is InChI=1S/C19H29N/c1-3-20-19(18-10-6-7-14(18)2)17-12-11-15-8-4-5-9-16(15)13-17/h11-14,18-20H,3-10H2,1-2H3. The molecule has 3 rings (SSSR count). The third-order valence-corrected chi connectivity index (χ3v) is 5.51. The van der Waals surface area contributed by atoms with Gasteiger partial charge in [0.15, 0.2) is 0 Å². The number of benzene rings is 1. The minimum absolute atomic E-state index is 0.574. The van der Waals surface area contributed by atoms with Crippen LogP contribution in [0, 0.1) is 11.8 Å². The molecule has 2 aliphatic carbocycles. The summed E-state index contributed by atoms with van der Waals surface area (Å²) in [6, 6.07) is 7.91. The fourth-order valence-corrected chi connectivity index (χ4v) is 4.35. The Morgan fingerprint density at radius 1 is 1.10 bits per heavy atom. The van der Waals surface area contributed by atoms with Crippen LogP contribution in [0.4, 0.5) is 0 Å². The summed E-state index contributed by atoms with van der Waals surface area (Å²) in [4.78, 5) is 0. The Bertz CT molecular complexity index is 451. The molecule has 1 saturated carbocycles. The summed E-state index contributed by atoms with van der Waals surface area (Å²) in [5.41, 5.74) is 4.78. The predicted molar refractivity (Wildman–Crippen MR) is 86.0 cm³/mol. The monoisotopic (exact) mass is 271 g/mol. The predicted octanol–water partition coefficient (Wildman–Crippen LogP) is 4.65. The Morgan fingerprint density at radius 2 is 1.90 bits per heavy atom. The number of hydrogen-bond donors (Lipinski definition) is 1. The molecule has 0 heterocycles.